The number of aliphatic hydroxyl groups excluding tert-OH is 1. The van der Waals surface area contributed by atoms with Crippen molar-refractivity contribution < 1.29 is 13.9 Å². The van der Waals surface area contributed by atoms with E-state index in [9.17, 15) is 8.78 Å². The Hall–Kier alpha value is 0.180. The highest BCUT2D eigenvalue weighted by Crippen LogP contribution is 2.29. The smallest absolute Gasteiger partial charge is 0.266 e. The number of aromatic nitrogens is 1. The monoisotopic (exact) mass is 377 g/mol. The van der Waals surface area contributed by atoms with E-state index in [0.717, 1.165) is 0 Å². The minimum absolute atomic E-state index is 0.156. The fraction of sp³-hybridized carbons (Fsp3) is 0.375. The molecule has 6 heteroatoms. The molecule has 0 aliphatic rings. The van der Waals surface area contributed by atoms with E-state index < -0.39 is 6.43 Å². The van der Waals surface area contributed by atoms with Gasteiger partial charge >= 0.3 is 0 Å². The van der Waals surface area contributed by atoms with Crippen LogP contribution in [0.25, 0.3) is 0 Å². The topological polar surface area (TPSA) is 33.1 Å². The Labute approximate surface area is 102 Å². The third-order valence-corrected chi connectivity index (χ3v) is 3.22. The van der Waals surface area contributed by atoms with Gasteiger partial charge in [-0.05, 0) is 22.6 Å². The molecule has 0 aliphatic heterocycles. The molecule has 0 aromatic carbocycles. The van der Waals surface area contributed by atoms with E-state index in [2.05, 4.69) is 20.9 Å². The van der Waals surface area contributed by atoms with Crippen LogP contribution in [0.5, 0.6) is 0 Å². The summed E-state index contributed by atoms with van der Waals surface area (Å²) in [5.74, 6) is 0. The molecule has 1 aromatic heterocycles. The summed E-state index contributed by atoms with van der Waals surface area (Å²) in [6, 6.07) is 0. The van der Waals surface area contributed by atoms with Crippen molar-refractivity contribution in [3.8, 4) is 0 Å². The molecule has 0 saturated heterocycles. The van der Waals surface area contributed by atoms with Gasteiger partial charge < -0.3 is 5.11 Å². The Morgan fingerprint density at radius 3 is 2.64 bits per heavy atom. The Morgan fingerprint density at radius 1 is 1.57 bits per heavy atom. The summed E-state index contributed by atoms with van der Waals surface area (Å²) in [4.78, 5) is 3.88. The van der Waals surface area contributed by atoms with Crippen molar-refractivity contribution in [2.24, 2.45) is 0 Å². The lowest BCUT2D eigenvalue weighted by Crippen LogP contribution is -2.04. The van der Waals surface area contributed by atoms with Crippen molar-refractivity contribution >= 4 is 38.5 Å². The predicted molar refractivity (Wildman–Crippen MR) is 60.5 cm³/mol. The highest BCUT2D eigenvalue weighted by Gasteiger charge is 2.20. The Bertz CT molecular complexity index is 335. The van der Waals surface area contributed by atoms with E-state index in [-0.39, 0.29) is 28.8 Å². The van der Waals surface area contributed by atoms with E-state index in [1.165, 1.54) is 6.20 Å². The van der Waals surface area contributed by atoms with Gasteiger partial charge in [-0.25, -0.2) is 8.78 Å². The molecule has 1 N–H and O–H groups in total. The Morgan fingerprint density at radius 2 is 2.21 bits per heavy atom. The average Bonchev–Trinajstić information content (AvgIpc) is 2.17. The third-order valence-electron chi connectivity index (χ3n) is 1.76. The normalized spacial score (nSPS) is 11.0. The van der Waals surface area contributed by atoms with E-state index in [1.54, 1.807) is 0 Å². The van der Waals surface area contributed by atoms with Gasteiger partial charge in [-0.15, -0.1) is 0 Å². The maximum absolute atomic E-state index is 12.7. The highest BCUT2D eigenvalue weighted by molar-refractivity contribution is 14.1. The van der Waals surface area contributed by atoms with E-state index in [0.29, 0.717) is 3.57 Å². The first-order valence-corrected chi connectivity index (χ1v) is 5.93. The molecule has 0 radical (unpaired) electrons. The molecular weight excluding hydrogens is 371 g/mol. The maximum atomic E-state index is 12.7. The van der Waals surface area contributed by atoms with Gasteiger partial charge in [-0.3, -0.25) is 4.98 Å². The largest absolute Gasteiger partial charge is 0.392 e. The average molecular weight is 378 g/mol. The van der Waals surface area contributed by atoms with Crippen LogP contribution in [0.2, 0.25) is 0 Å². The molecule has 1 rings (SSSR count). The molecule has 1 aromatic rings. The van der Waals surface area contributed by atoms with Crippen LogP contribution in [0.4, 0.5) is 8.78 Å². The van der Waals surface area contributed by atoms with Gasteiger partial charge in [0, 0.05) is 26.2 Å². The molecule has 0 bridgehead atoms. The fourth-order valence-corrected chi connectivity index (χ4v) is 2.16. The zero-order chi connectivity index (χ0) is 10.7. The first kappa shape index (κ1) is 12.3. The number of rotatable bonds is 3. The number of aliphatic hydroxyl groups is 1. The lowest BCUT2D eigenvalue weighted by molar-refractivity contribution is 0.145. The van der Waals surface area contributed by atoms with Crippen LogP contribution in [-0.4, -0.2) is 10.1 Å². The first-order valence-electron chi connectivity index (χ1n) is 3.73. The molecule has 0 spiro atoms. The number of nitrogens with zero attached hydrogens (tertiary/aromatic N) is 1. The van der Waals surface area contributed by atoms with Crippen molar-refractivity contribution in [2.45, 2.75) is 18.4 Å². The highest BCUT2D eigenvalue weighted by atomic mass is 127. The lowest BCUT2D eigenvalue weighted by Gasteiger charge is -2.11. The summed E-state index contributed by atoms with van der Waals surface area (Å²) in [6.45, 7) is -0.388. The van der Waals surface area contributed by atoms with Gasteiger partial charge in [-0.2, -0.15) is 0 Å². The van der Waals surface area contributed by atoms with Crippen LogP contribution >= 0.6 is 38.5 Å². The molecule has 1 heterocycles. The van der Waals surface area contributed by atoms with Gasteiger partial charge in [0.25, 0.3) is 6.43 Å². The molecule has 0 unspecified atom stereocenters. The fourth-order valence-electron chi connectivity index (χ4n) is 1.11. The number of pyridine rings is 1. The zero-order valence-electron chi connectivity index (χ0n) is 6.98. The van der Waals surface area contributed by atoms with Gasteiger partial charge in [0.05, 0.1) is 12.3 Å². The van der Waals surface area contributed by atoms with E-state index in [1.807, 2.05) is 22.6 Å². The molecule has 0 saturated carbocycles. The summed E-state index contributed by atoms with van der Waals surface area (Å²) < 4.78 is 25.9. The zero-order valence-corrected chi connectivity index (χ0v) is 10.7. The molecule has 78 valence electrons. The van der Waals surface area contributed by atoms with Crippen LogP contribution in [-0.2, 0) is 11.9 Å². The summed E-state index contributed by atoms with van der Waals surface area (Å²) in [5, 5.41) is 9.25. The van der Waals surface area contributed by atoms with Crippen molar-refractivity contribution in [3.63, 3.8) is 0 Å². The number of hydrogen-bond donors (Lipinski definition) is 1. The van der Waals surface area contributed by atoms with E-state index >= 15 is 0 Å². The maximum Gasteiger partial charge on any atom is 0.266 e. The SMILES string of the molecule is OCc1c(I)cnc(CBr)c1C(F)F. The number of hydrogen-bond acceptors (Lipinski definition) is 2. The van der Waals surface area contributed by atoms with Gasteiger partial charge in [0.15, 0.2) is 0 Å². The van der Waals surface area contributed by atoms with Crippen molar-refractivity contribution in [1.82, 2.24) is 4.98 Å². The number of halogens is 4. The van der Waals surface area contributed by atoms with E-state index in [4.69, 9.17) is 5.11 Å². The first-order chi connectivity index (χ1) is 6.61. The molecule has 0 amide bonds. The molecule has 0 fully saturated rings. The van der Waals surface area contributed by atoms with Gasteiger partial charge in [0.1, 0.15) is 0 Å². The minimum Gasteiger partial charge on any atom is -0.392 e. The molecular formula is C8H7BrF2INO. The standard InChI is InChI=1S/C8H7BrF2INO/c9-1-6-7(8(10)11)4(3-14)5(12)2-13-6/h2,8,14H,1,3H2. The summed E-state index contributed by atoms with van der Waals surface area (Å²) in [7, 11) is 0. The molecule has 0 atom stereocenters. The van der Waals surface area contributed by atoms with Crippen molar-refractivity contribution in [2.75, 3.05) is 0 Å². The van der Waals surface area contributed by atoms with Crippen LogP contribution in [0.3, 0.4) is 0 Å². The summed E-state index contributed by atoms with van der Waals surface area (Å²) in [5.41, 5.74) is 0.394. The second-order valence-electron chi connectivity index (χ2n) is 2.54. The molecule has 14 heavy (non-hydrogen) atoms. The summed E-state index contributed by atoms with van der Waals surface area (Å²) >= 11 is 4.97. The molecule has 2 nitrogen and oxygen atoms in total. The van der Waals surface area contributed by atoms with Gasteiger partial charge in [-0.1, -0.05) is 15.9 Å². The van der Waals surface area contributed by atoms with Crippen LogP contribution in [0, 0.1) is 3.57 Å². The van der Waals surface area contributed by atoms with Crippen LogP contribution < -0.4 is 0 Å². The lowest BCUT2D eigenvalue weighted by atomic mass is 10.1. The second-order valence-corrected chi connectivity index (χ2v) is 4.26. The van der Waals surface area contributed by atoms with Crippen LogP contribution in [0.1, 0.15) is 23.2 Å². The summed E-state index contributed by atoms with van der Waals surface area (Å²) in [6.07, 6.45) is -1.12. The van der Waals surface area contributed by atoms with Gasteiger partial charge in [0.2, 0.25) is 0 Å². The third kappa shape index (κ3) is 2.40. The Balaban J connectivity index is 3.36. The van der Waals surface area contributed by atoms with Crippen LogP contribution in [0.15, 0.2) is 6.20 Å². The quantitative estimate of drug-likeness (QED) is 0.648. The minimum atomic E-state index is -2.60. The Kier molecular flexibility index (Phi) is 4.65. The number of alkyl halides is 3. The molecule has 0 aliphatic carbocycles. The van der Waals surface area contributed by atoms with Crippen molar-refractivity contribution in [3.05, 3.63) is 26.6 Å². The predicted octanol–water partition coefficient (Wildman–Crippen LogP) is 3.01. The second kappa shape index (κ2) is 5.32. The van der Waals surface area contributed by atoms with Crippen molar-refractivity contribution in [1.29, 1.82) is 0 Å².